The maximum Gasteiger partial charge on any atom is 0.157 e. The molecule has 3 aromatic rings. The number of fused-ring (bicyclic) bond motifs is 1. The van der Waals surface area contributed by atoms with E-state index >= 15 is 0 Å². The van der Waals surface area contributed by atoms with E-state index in [9.17, 15) is 0 Å². The molecule has 0 bridgehead atoms. The molecule has 3 heterocycles. The first-order valence-corrected chi connectivity index (χ1v) is 7.11. The van der Waals surface area contributed by atoms with Gasteiger partial charge >= 0.3 is 0 Å². The van der Waals surface area contributed by atoms with Crippen LogP contribution in [0.4, 0.5) is 5.69 Å². The second-order valence-electron chi connectivity index (χ2n) is 5.16. The van der Waals surface area contributed by atoms with Crippen LogP contribution < -0.4 is 4.90 Å². The first-order valence-electron chi connectivity index (χ1n) is 7.11. The molecule has 4 rings (SSSR count). The van der Waals surface area contributed by atoms with Gasteiger partial charge in [0.25, 0.3) is 0 Å². The largest absolute Gasteiger partial charge is 0.377 e. The molecule has 0 amide bonds. The molecule has 0 spiro atoms. The molecule has 2 aromatic heterocycles. The predicted molar refractivity (Wildman–Crippen MR) is 81.2 cm³/mol. The number of hydrogen-bond donors (Lipinski definition) is 1. The van der Waals surface area contributed by atoms with E-state index in [4.69, 9.17) is 4.74 Å². The van der Waals surface area contributed by atoms with Gasteiger partial charge in [0, 0.05) is 12.7 Å². The van der Waals surface area contributed by atoms with Crippen molar-refractivity contribution in [2.45, 2.75) is 6.04 Å². The van der Waals surface area contributed by atoms with Crippen LogP contribution in [0.3, 0.4) is 0 Å². The highest BCUT2D eigenvalue weighted by molar-refractivity contribution is 5.89. The monoisotopic (exact) mass is 280 g/mol. The summed E-state index contributed by atoms with van der Waals surface area (Å²) in [6.07, 6.45) is 3.67. The number of nitrogens with zero attached hydrogens (tertiary/aromatic N) is 3. The lowest BCUT2D eigenvalue weighted by molar-refractivity contribution is 0.0943. The second-order valence-corrected chi connectivity index (χ2v) is 5.16. The van der Waals surface area contributed by atoms with Crippen molar-refractivity contribution >= 4 is 16.7 Å². The van der Waals surface area contributed by atoms with Gasteiger partial charge in [-0.05, 0) is 11.6 Å². The Hall–Kier alpha value is -2.40. The number of aromatic amines is 1. The van der Waals surface area contributed by atoms with Crippen LogP contribution in [0.5, 0.6) is 0 Å². The van der Waals surface area contributed by atoms with E-state index in [1.165, 1.54) is 5.56 Å². The molecule has 106 valence electrons. The van der Waals surface area contributed by atoms with Crippen molar-refractivity contribution in [2.24, 2.45) is 0 Å². The molecule has 0 saturated carbocycles. The molecule has 1 aromatic carbocycles. The third kappa shape index (κ3) is 2.15. The quantitative estimate of drug-likeness (QED) is 0.783. The highest BCUT2D eigenvalue weighted by Crippen LogP contribution is 2.33. The Kier molecular flexibility index (Phi) is 3.05. The molecular formula is C16H16N4O. The zero-order chi connectivity index (χ0) is 14.1. The van der Waals surface area contributed by atoms with Crippen molar-refractivity contribution < 1.29 is 4.74 Å². The van der Waals surface area contributed by atoms with Crippen LogP contribution in [0.1, 0.15) is 11.6 Å². The molecule has 1 atom stereocenters. The van der Waals surface area contributed by atoms with Crippen LogP contribution in [0.25, 0.3) is 11.0 Å². The van der Waals surface area contributed by atoms with Crippen molar-refractivity contribution in [3.05, 3.63) is 54.4 Å². The van der Waals surface area contributed by atoms with Gasteiger partial charge in [0.2, 0.25) is 0 Å². The summed E-state index contributed by atoms with van der Waals surface area (Å²) in [6, 6.07) is 12.8. The maximum atomic E-state index is 5.70. The fourth-order valence-electron chi connectivity index (χ4n) is 2.93. The number of H-pyrrole nitrogens is 1. The molecular weight excluding hydrogens is 264 g/mol. The van der Waals surface area contributed by atoms with E-state index in [-0.39, 0.29) is 6.04 Å². The summed E-state index contributed by atoms with van der Waals surface area (Å²) in [5.41, 5.74) is 3.25. The molecule has 5 nitrogen and oxygen atoms in total. The first-order chi connectivity index (χ1) is 10.4. The summed E-state index contributed by atoms with van der Waals surface area (Å²) in [5.74, 6) is 0. The summed E-state index contributed by atoms with van der Waals surface area (Å²) in [6.45, 7) is 2.31. The maximum absolute atomic E-state index is 5.70. The summed E-state index contributed by atoms with van der Waals surface area (Å²) in [5, 5.41) is 8.10. The number of rotatable bonds is 2. The highest BCUT2D eigenvalue weighted by Gasteiger charge is 2.26. The number of pyridine rings is 1. The average molecular weight is 280 g/mol. The van der Waals surface area contributed by atoms with Crippen LogP contribution in [-0.2, 0) is 4.74 Å². The smallest absolute Gasteiger partial charge is 0.157 e. The molecule has 1 fully saturated rings. The molecule has 21 heavy (non-hydrogen) atoms. The Morgan fingerprint density at radius 3 is 3.00 bits per heavy atom. The van der Waals surface area contributed by atoms with Crippen molar-refractivity contribution in [1.29, 1.82) is 0 Å². The average Bonchev–Trinajstić information content (AvgIpc) is 3.04. The lowest BCUT2D eigenvalue weighted by atomic mass is 10.0. The number of benzene rings is 1. The van der Waals surface area contributed by atoms with Crippen LogP contribution in [0, 0.1) is 0 Å². The van der Waals surface area contributed by atoms with Gasteiger partial charge in [0.1, 0.15) is 0 Å². The van der Waals surface area contributed by atoms with Gasteiger partial charge in [-0.2, -0.15) is 5.10 Å². The Morgan fingerprint density at radius 2 is 2.10 bits per heavy atom. The Labute approximate surface area is 122 Å². The number of nitrogens with one attached hydrogen (secondary N) is 1. The lowest BCUT2D eigenvalue weighted by Crippen LogP contribution is -2.39. The first kappa shape index (κ1) is 12.3. The summed E-state index contributed by atoms with van der Waals surface area (Å²) in [4.78, 5) is 6.71. The van der Waals surface area contributed by atoms with Gasteiger partial charge in [-0.3, -0.25) is 5.10 Å². The predicted octanol–water partition coefficient (Wildman–Crippen LogP) is 2.54. The lowest BCUT2D eigenvalue weighted by Gasteiger charge is -2.37. The van der Waals surface area contributed by atoms with Gasteiger partial charge < -0.3 is 9.64 Å². The molecule has 0 radical (unpaired) electrons. The second kappa shape index (κ2) is 5.18. The number of hydrogen-bond acceptors (Lipinski definition) is 4. The third-order valence-electron chi connectivity index (χ3n) is 3.95. The topological polar surface area (TPSA) is 54.0 Å². The molecule has 1 N–H and O–H groups in total. The van der Waals surface area contributed by atoms with Gasteiger partial charge in [-0.25, -0.2) is 4.98 Å². The minimum Gasteiger partial charge on any atom is -0.377 e. The summed E-state index contributed by atoms with van der Waals surface area (Å²) in [7, 11) is 0. The van der Waals surface area contributed by atoms with E-state index < -0.39 is 0 Å². The summed E-state index contributed by atoms with van der Waals surface area (Å²) < 4.78 is 5.70. The Bertz CT molecular complexity index is 740. The standard InChI is InChI=1S/C16H16N4O/c1-2-4-12(5-3-1)15-11-21-9-8-20(15)14-6-7-17-16-13(14)10-18-19-16/h1-7,10,15H,8-9,11H2,(H,17,18,19)/t15-/m1/s1. The van der Waals surface area contributed by atoms with E-state index in [0.29, 0.717) is 6.61 Å². The van der Waals surface area contributed by atoms with Crippen molar-refractivity contribution in [3.8, 4) is 0 Å². The minimum absolute atomic E-state index is 0.223. The molecule has 1 aliphatic heterocycles. The number of ether oxygens (including phenoxy) is 1. The zero-order valence-corrected chi connectivity index (χ0v) is 11.6. The fourth-order valence-corrected chi connectivity index (χ4v) is 2.93. The van der Waals surface area contributed by atoms with Gasteiger partial charge in [-0.1, -0.05) is 30.3 Å². The Morgan fingerprint density at radius 1 is 1.19 bits per heavy atom. The van der Waals surface area contributed by atoms with Gasteiger partial charge in [0.15, 0.2) is 5.65 Å². The van der Waals surface area contributed by atoms with Gasteiger partial charge in [0.05, 0.1) is 36.5 Å². The molecule has 0 aliphatic carbocycles. The SMILES string of the molecule is c1ccc([C@H]2COCCN2c2ccnc3[nH]ncc23)cc1. The van der Waals surface area contributed by atoms with E-state index in [0.717, 1.165) is 29.9 Å². The molecule has 1 saturated heterocycles. The van der Waals surface area contributed by atoms with E-state index in [1.807, 2.05) is 18.5 Å². The molecule has 0 unspecified atom stereocenters. The highest BCUT2D eigenvalue weighted by atomic mass is 16.5. The van der Waals surface area contributed by atoms with Crippen molar-refractivity contribution in [1.82, 2.24) is 15.2 Å². The third-order valence-corrected chi connectivity index (χ3v) is 3.95. The zero-order valence-electron chi connectivity index (χ0n) is 11.6. The fraction of sp³-hybridized carbons (Fsp3) is 0.250. The summed E-state index contributed by atoms with van der Waals surface area (Å²) >= 11 is 0. The van der Waals surface area contributed by atoms with Crippen molar-refractivity contribution in [2.75, 3.05) is 24.7 Å². The molecule has 5 heteroatoms. The van der Waals surface area contributed by atoms with E-state index in [1.54, 1.807) is 0 Å². The van der Waals surface area contributed by atoms with Crippen molar-refractivity contribution in [3.63, 3.8) is 0 Å². The number of anilines is 1. The van der Waals surface area contributed by atoms with Crippen LogP contribution in [0.2, 0.25) is 0 Å². The minimum atomic E-state index is 0.223. The number of aromatic nitrogens is 3. The van der Waals surface area contributed by atoms with Crippen LogP contribution in [0.15, 0.2) is 48.8 Å². The normalized spacial score (nSPS) is 19.0. The molecule has 1 aliphatic rings. The van der Waals surface area contributed by atoms with Crippen LogP contribution >= 0.6 is 0 Å². The van der Waals surface area contributed by atoms with E-state index in [2.05, 4.69) is 50.4 Å². The Balaban J connectivity index is 1.79. The number of morpholine rings is 1. The van der Waals surface area contributed by atoms with Gasteiger partial charge in [-0.15, -0.1) is 0 Å². The van der Waals surface area contributed by atoms with Crippen LogP contribution in [-0.4, -0.2) is 34.9 Å².